The summed E-state index contributed by atoms with van der Waals surface area (Å²) in [4.78, 5) is 11.6. The maximum Gasteiger partial charge on any atom is 0.254 e. The monoisotopic (exact) mass is 226 g/mol. The van der Waals surface area contributed by atoms with Crippen molar-refractivity contribution in [3.8, 4) is 6.07 Å². The smallest absolute Gasteiger partial charge is 0.254 e. The molecule has 0 unspecified atom stereocenters. The molecule has 0 aliphatic carbocycles. The van der Waals surface area contributed by atoms with Crippen LogP contribution < -0.4 is 5.32 Å². The number of aromatic nitrogens is 2. The van der Waals surface area contributed by atoms with Crippen molar-refractivity contribution in [2.45, 2.75) is 6.54 Å². The number of hydrogen-bond acceptors (Lipinski definition) is 3. The molecule has 1 aromatic carbocycles. The highest BCUT2D eigenvalue weighted by atomic mass is 16.1. The van der Waals surface area contributed by atoms with Gasteiger partial charge in [0.15, 0.2) is 0 Å². The van der Waals surface area contributed by atoms with Crippen LogP contribution in [0.4, 0.5) is 0 Å². The normalized spacial score (nSPS) is 9.59. The third-order valence-corrected chi connectivity index (χ3v) is 2.30. The predicted octanol–water partition coefficient (Wildman–Crippen LogP) is 1.21. The fourth-order valence-corrected chi connectivity index (χ4v) is 1.36. The van der Waals surface area contributed by atoms with Gasteiger partial charge in [0.25, 0.3) is 5.91 Å². The van der Waals surface area contributed by atoms with Gasteiger partial charge in [-0.25, -0.2) is 0 Å². The fraction of sp³-hybridized carbons (Fsp3) is 0.0833. The van der Waals surface area contributed by atoms with Gasteiger partial charge in [-0.05, 0) is 17.7 Å². The summed E-state index contributed by atoms with van der Waals surface area (Å²) in [7, 11) is 0. The summed E-state index contributed by atoms with van der Waals surface area (Å²) in [6.45, 7) is 0.426. The second-order valence-corrected chi connectivity index (χ2v) is 3.48. The van der Waals surface area contributed by atoms with Gasteiger partial charge >= 0.3 is 0 Å². The Hall–Kier alpha value is -2.61. The van der Waals surface area contributed by atoms with Crippen molar-refractivity contribution in [3.05, 3.63) is 53.3 Å². The molecule has 2 rings (SSSR count). The highest BCUT2D eigenvalue weighted by Crippen LogP contribution is 2.03. The van der Waals surface area contributed by atoms with Gasteiger partial charge in [0.2, 0.25) is 0 Å². The quantitative estimate of drug-likeness (QED) is 0.825. The van der Waals surface area contributed by atoms with Gasteiger partial charge in [0.1, 0.15) is 0 Å². The van der Waals surface area contributed by atoms with E-state index in [0.717, 1.165) is 5.56 Å². The molecule has 0 aliphatic rings. The lowest BCUT2D eigenvalue weighted by molar-refractivity contribution is 0.0951. The molecular formula is C12H10N4O. The van der Waals surface area contributed by atoms with Crippen molar-refractivity contribution in [1.29, 1.82) is 5.26 Å². The summed E-state index contributed by atoms with van der Waals surface area (Å²) >= 11 is 0. The van der Waals surface area contributed by atoms with Gasteiger partial charge in [0.05, 0.1) is 23.4 Å². The molecule has 2 N–H and O–H groups in total. The lowest BCUT2D eigenvalue weighted by Crippen LogP contribution is -2.22. The number of hydrogen-bond donors (Lipinski definition) is 2. The molecule has 0 radical (unpaired) electrons. The lowest BCUT2D eigenvalue weighted by Gasteiger charge is -2.03. The van der Waals surface area contributed by atoms with Crippen LogP contribution in [0.2, 0.25) is 0 Å². The Balaban J connectivity index is 1.94. The second-order valence-electron chi connectivity index (χ2n) is 3.48. The minimum absolute atomic E-state index is 0.178. The number of rotatable bonds is 3. The SMILES string of the molecule is N#Cc1ccc(CNC(=O)c2cn[nH]c2)cc1. The number of nitrogens with one attached hydrogen (secondary N) is 2. The molecule has 0 bridgehead atoms. The highest BCUT2D eigenvalue weighted by Gasteiger charge is 2.05. The minimum atomic E-state index is -0.178. The number of H-pyrrole nitrogens is 1. The third-order valence-electron chi connectivity index (χ3n) is 2.30. The molecular weight excluding hydrogens is 216 g/mol. The lowest BCUT2D eigenvalue weighted by atomic mass is 10.1. The van der Waals surface area contributed by atoms with E-state index in [1.807, 2.05) is 18.2 Å². The number of carbonyl (C=O) groups is 1. The first kappa shape index (κ1) is 10.9. The highest BCUT2D eigenvalue weighted by molar-refractivity contribution is 5.93. The maximum atomic E-state index is 11.6. The Morgan fingerprint density at radius 2 is 2.18 bits per heavy atom. The molecule has 17 heavy (non-hydrogen) atoms. The van der Waals surface area contributed by atoms with Crippen LogP contribution in [0.25, 0.3) is 0 Å². The zero-order valence-corrected chi connectivity index (χ0v) is 8.97. The van der Waals surface area contributed by atoms with Crippen LogP contribution in [0.15, 0.2) is 36.7 Å². The minimum Gasteiger partial charge on any atom is -0.348 e. The van der Waals surface area contributed by atoms with Crippen LogP contribution in [0, 0.1) is 11.3 Å². The molecule has 1 amide bonds. The van der Waals surface area contributed by atoms with E-state index in [1.54, 1.807) is 12.1 Å². The summed E-state index contributed by atoms with van der Waals surface area (Å²) in [5.74, 6) is -0.178. The Bertz CT molecular complexity index is 537. The van der Waals surface area contributed by atoms with Gasteiger partial charge in [-0.15, -0.1) is 0 Å². The van der Waals surface area contributed by atoms with E-state index in [1.165, 1.54) is 12.4 Å². The van der Waals surface area contributed by atoms with E-state index in [4.69, 9.17) is 5.26 Å². The van der Waals surface area contributed by atoms with Crippen molar-refractivity contribution < 1.29 is 4.79 Å². The number of amides is 1. The molecule has 0 atom stereocenters. The molecule has 1 heterocycles. The Kier molecular flexibility index (Phi) is 3.17. The molecule has 2 aromatic rings. The van der Waals surface area contributed by atoms with Gasteiger partial charge in [0, 0.05) is 12.7 Å². The van der Waals surface area contributed by atoms with E-state index in [-0.39, 0.29) is 5.91 Å². The number of nitriles is 1. The van der Waals surface area contributed by atoms with Crippen molar-refractivity contribution in [2.75, 3.05) is 0 Å². The summed E-state index contributed by atoms with van der Waals surface area (Å²) in [6.07, 6.45) is 3.00. The zero-order chi connectivity index (χ0) is 12.1. The molecule has 1 aromatic heterocycles. The van der Waals surface area contributed by atoms with Crippen LogP contribution in [0.5, 0.6) is 0 Å². The van der Waals surface area contributed by atoms with Crippen molar-refractivity contribution in [3.63, 3.8) is 0 Å². The van der Waals surface area contributed by atoms with E-state index < -0.39 is 0 Å². The van der Waals surface area contributed by atoms with Crippen LogP contribution in [0.3, 0.4) is 0 Å². The number of aromatic amines is 1. The van der Waals surface area contributed by atoms with Crippen LogP contribution in [-0.4, -0.2) is 16.1 Å². The molecule has 0 fully saturated rings. The summed E-state index contributed by atoms with van der Waals surface area (Å²) < 4.78 is 0. The van der Waals surface area contributed by atoms with Gasteiger partial charge in [-0.3, -0.25) is 9.89 Å². The first-order valence-electron chi connectivity index (χ1n) is 5.05. The molecule has 5 nitrogen and oxygen atoms in total. The summed E-state index contributed by atoms with van der Waals surface area (Å²) in [5.41, 5.74) is 2.05. The number of benzene rings is 1. The maximum absolute atomic E-state index is 11.6. The molecule has 84 valence electrons. The Morgan fingerprint density at radius 1 is 1.41 bits per heavy atom. The van der Waals surface area contributed by atoms with E-state index in [2.05, 4.69) is 15.5 Å². The average molecular weight is 226 g/mol. The van der Waals surface area contributed by atoms with Gasteiger partial charge in [-0.2, -0.15) is 10.4 Å². The molecule has 5 heteroatoms. The van der Waals surface area contributed by atoms with Crippen molar-refractivity contribution in [2.24, 2.45) is 0 Å². The fourth-order valence-electron chi connectivity index (χ4n) is 1.36. The number of nitrogens with zero attached hydrogens (tertiary/aromatic N) is 2. The molecule has 0 saturated heterocycles. The van der Waals surface area contributed by atoms with Gasteiger partial charge < -0.3 is 5.32 Å². The van der Waals surface area contributed by atoms with Crippen LogP contribution in [-0.2, 0) is 6.54 Å². The van der Waals surface area contributed by atoms with Crippen molar-refractivity contribution in [1.82, 2.24) is 15.5 Å². The first-order valence-corrected chi connectivity index (χ1v) is 5.05. The molecule has 0 aliphatic heterocycles. The largest absolute Gasteiger partial charge is 0.348 e. The summed E-state index contributed by atoms with van der Waals surface area (Å²) in [6, 6.07) is 9.11. The predicted molar refractivity (Wildman–Crippen MR) is 60.9 cm³/mol. The number of carbonyl (C=O) groups excluding carboxylic acids is 1. The first-order chi connectivity index (χ1) is 8.29. The molecule has 0 saturated carbocycles. The second kappa shape index (κ2) is 4.94. The standard InChI is InChI=1S/C12H10N4O/c13-5-9-1-3-10(4-2-9)6-14-12(17)11-7-15-16-8-11/h1-4,7-8H,6H2,(H,14,17)(H,15,16). The van der Waals surface area contributed by atoms with E-state index in [0.29, 0.717) is 17.7 Å². The Morgan fingerprint density at radius 3 is 2.76 bits per heavy atom. The zero-order valence-electron chi connectivity index (χ0n) is 8.97. The summed E-state index contributed by atoms with van der Waals surface area (Å²) in [5, 5.41) is 17.7. The van der Waals surface area contributed by atoms with E-state index in [9.17, 15) is 4.79 Å². The van der Waals surface area contributed by atoms with Crippen LogP contribution >= 0.6 is 0 Å². The van der Waals surface area contributed by atoms with Crippen LogP contribution in [0.1, 0.15) is 21.5 Å². The van der Waals surface area contributed by atoms with Gasteiger partial charge in [-0.1, -0.05) is 12.1 Å². The Labute approximate surface area is 98.1 Å². The average Bonchev–Trinajstić information content (AvgIpc) is 2.90. The van der Waals surface area contributed by atoms with Crippen molar-refractivity contribution >= 4 is 5.91 Å². The topological polar surface area (TPSA) is 81.6 Å². The molecule has 0 spiro atoms. The van der Waals surface area contributed by atoms with E-state index >= 15 is 0 Å². The third kappa shape index (κ3) is 2.69.